The molecule has 0 N–H and O–H groups in total. The van der Waals surface area contributed by atoms with Gasteiger partial charge >= 0.3 is 0 Å². The minimum Gasteiger partial charge on any atom is -0.471 e. The summed E-state index contributed by atoms with van der Waals surface area (Å²) in [6, 6.07) is 2.32. The second-order valence-corrected chi connectivity index (χ2v) is 4.92. The van der Waals surface area contributed by atoms with Gasteiger partial charge in [-0.25, -0.2) is 18.2 Å². The van der Waals surface area contributed by atoms with E-state index in [2.05, 4.69) is 4.98 Å². The van der Waals surface area contributed by atoms with Crippen LogP contribution in [-0.4, -0.2) is 10.6 Å². The fourth-order valence-electron chi connectivity index (χ4n) is 1.58. The van der Waals surface area contributed by atoms with Gasteiger partial charge in [-0.15, -0.1) is 0 Å². The third kappa shape index (κ3) is 2.25. The molecule has 1 aromatic heterocycles. The number of ether oxygens (including phenoxy) is 1. The quantitative estimate of drug-likeness (QED) is 0.722. The Hall–Kier alpha value is -1.78. The van der Waals surface area contributed by atoms with E-state index in [0.29, 0.717) is 0 Å². The van der Waals surface area contributed by atoms with Gasteiger partial charge < -0.3 is 4.74 Å². The van der Waals surface area contributed by atoms with E-state index in [1.165, 1.54) is 12.3 Å². The zero-order valence-electron chi connectivity index (χ0n) is 10.2. The summed E-state index contributed by atoms with van der Waals surface area (Å²) in [7, 11) is 0. The average molecular weight is 255 g/mol. The van der Waals surface area contributed by atoms with E-state index in [1.54, 1.807) is 20.8 Å². The summed E-state index contributed by atoms with van der Waals surface area (Å²) in [6.45, 7) is 5.27. The van der Waals surface area contributed by atoms with Crippen LogP contribution in [0.15, 0.2) is 18.3 Å². The lowest BCUT2D eigenvalue weighted by Gasteiger charge is -2.21. The van der Waals surface area contributed by atoms with E-state index < -0.39 is 23.1 Å². The van der Waals surface area contributed by atoms with Crippen LogP contribution in [0.25, 0.3) is 10.8 Å². The molecule has 0 spiro atoms. The first-order chi connectivity index (χ1) is 8.29. The number of rotatable bonds is 1. The van der Waals surface area contributed by atoms with Crippen molar-refractivity contribution in [1.29, 1.82) is 0 Å². The number of hydrogen-bond acceptors (Lipinski definition) is 2. The smallest absolute Gasteiger partial charge is 0.224 e. The van der Waals surface area contributed by atoms with Crippen LogP contribution >= 0.6 is 0 Å². The largest absolute Gasteiger partial charge is 0.471 e. The zero-order valence-corrected chi connectivity index (χ0v) is 10.2. The van der Waals surface area contributed by atoms with Crippen molar-refractivity contribution in [2.24, 2.45) is 0 Å². The molecular weight excluding hydrogens is 243 g/mol. The molecule has 0 aliphatic carbocycles. The highest BCUT2D eigenvalue weighted by molar-refractivity contribution is 5.87. The fourth-order valence-corrected chi connectivity index (χ4v) is 1.58. The minimum absolute atomic E-state index is 0.0450. The Morgan fingerprint density at radius 1 is 1.11 bits per heavy atom. The Balaban J connectivity index is 2.72. The van der Waals surface area contributed by atoms with Crippen LogP contribution in [0.4, 0.5) is 13.2 Å². The second-order valence-electron chi connectivity index (χ2n) is 4.92. The lowest BCUT2D eigenvalue weighted by atomic mass is 10.1. The Morgan fingerprint density at radius 3 is 2.39 bits per heavy atom. The molecule has 18 heavy (non-hydrogen) atoms. The molecule has 0 saturated carbocycles. The topological polar surface area (TPSA) is 22.1 Å². The molecule has 0 aliphatic rings. The van der Waals surface area contributed by atoms with Gasteiger partial charge in [-0.1, -0.05) is 0 Å². The van der Waals surface area contributed by atoms with Crippen LogP contribution < -0.4 is 4.74 Å². The first-order valence-corrected chi connectivity index (χ1v) is 5.41. The first-order valence-electron chi connectivity index (χ1n) is 5.41. The van der Waals surface area contributed by atoms with Crippen molar-refractivity contribution in [2.75, 3.05) is 0 Å². The number of hydrogen-bond donors (Lipinski definition) is 0. The summed E-state index contributed by atoms with van der Waals surface area (Å²) in [5.74, 6) is -4.07. The van der Waals surface area contributed by atoms with E-state index in [4.69, 9.17) is 4.74 Å². The molecule has 0 atom stereocenters. The van der Waals surface area contributed by atoms with Crippen molar-refractivity contribution in [2.45, 2.75) is 26.4 Å². The number of halogens is 3. The Morgan fingerprint density at radius 2 is 1.78 bits per heavy atom. The standard InChI is InChI=1S/C13H12F3NO/c1-13(2,3)18-12-9-7(4-5-17-12)6-8(14)10(15)11(9)16/h4-6H,1-3H3. The highest BCUT2D eigenvalue weighted by Crippen LogP contribution is 2.30. The summed E-state index contributed by atoms with van der Waals surface area (Å²) in [5, 5.41) is 0.0620. The van der Waals surface area contributed by atoms with E-state index >= 15 is 0 Å². The van der Waals surface area contributed by atoms with Crippen LogP contribution in [0.3, 0.4) is 0 Å². The third-order valence-corrected chi connectivity index (χ3v) is 2.26. The van der Waals surface area contributed by atoms with Gasteiger partial charge in [0, 0.05) is 6.20 Å². The van der Waals surface area contributed by atoms with E-state index in [-0.39, 0.29) is 16.7 Å². The maximum Gasteiger partial charge on any atom is 0.224 e. The van der Waals surface area contributed by atoms with Gasteiger partial charge in [-0.3, -0.25) is 0 Å². The Labute approximate surface area is 102 Å². The molecule has 0 radical (unpaired) electrons. The molecule has 0 unspecified atom stereocenters. The predicted molar refractivity (Wildman–Crippen MR) is 62.0 cm³/mol. The van der Waals surface area contributed by atoms with E-state index in [9.17, 15) is 13.2 Å². The molecule has 2 nitrogen and oxygen atoms in total. The Kier molecular flexibility index (Phi) is 2.92. The monoisotopic (exact) mass is 255 g/mol. The number of aromatic nitrogens is 1. The number of nitrogens with zero attached hydrogens (tertiary/aromatic N) is 1. The lowest BCUT2D eigenvalue weighted by Crippen LogP contribution is -2.23. The van der Waals surface area contributed by atoms with Crippen LogP contribution in [-0.2, 0) is 0 Å². The zero-order chi connectivity index (χ0) is 13.5. The van der Waals surface area contributed by atoms with Gasteiger partial charge in [0.25, 0.3) is 0 Å². The molecule has 5 heteroatoms. The number of benzene rings is 1. The highest BCUT2D eigenvalue weighted by Gasteiger charge is 2.21. The van der Waals surface area contributed by atoms with Crippen LogP contribution in [0, 0.1) is 17.5 Å². The normalized spacial score (nSPS) is 11.9. The molecule has 2 rings (SSSR count). The fraction of sp³-hybridized carbons (Fsp3) is 0.308. The van der Waals surface area contributed by atoms with Crippen LogP contribution in [0.5, 0.6) is 5.88 Å². The third-order valence-electron chi connectivity index (χ3n) is 2.26. The van der Waals surface area contributed by atoms with Gasteiger partial charge in [-0.2, -0.15) is 0 Å². The maximum atomic E-state index is 13.8. The van der Waals surface area contributed by atoms with Gasteiger partial charge in [0.15, 0.2) is 17.5 Å². The first kappa shape index (κ1) is 12.7. The number of pyridine rings is 1. The molecule has 96 valence electrons. The van der Waals surface area contributed by atoms with Gasteiger partial charge in [-0.05, 0) is 38.3 Å². The predicted octanol–water partition coefficient (Wildman–Crippen LogP) is 3.83. The molecule has 0 saturated heterocycles. The van der Waals surface area contributed by atoms with Crippen molar-refractivity contribution >= 4 is 10.8 Å². The van der Waals surface area contributed by atoms with Gasteiger partial charge in [0.2, 0.25) is 5.88 Å². The molecule has 0 amide bonds. The molecule has 0 aliphatic heterocycles. The highest BCUT2D eigenvalue weighted by atomic mass is 19.2. The molecular formula is C13H12F3NO. The van der Waals surface area contributed by atoms with Crippen molar-refractivity contribution in [3.63, 3.8) is 0 Å². The molecule has 2 aromatic rings. The van der Waals surface area contributed by atoms with Crippen molar-refractivity contribution in [1.82, 2.24) is 4.98 Å². The molecule has 1 aromatic carbocycles. The summed E-state index contributed by atoms with van der Waals surface area (Å²) in [4.78, 5) is 3.87. The van der Waals surface area contributed by atoms with E-state index in [1.807, 2.05) is 0 Å². The minimum atomic E-state index is -1.52. The van der Waals surface area contributed by atoms with Gasteiger partial charge in [0.05, 0.1) is 5.39 Å². The molecule has 0 fully saturated rings. The van der Waals surface area contributed by atoms with Crippen LogP contribution in [0.2, 0.25) is 0 Å². The van der Waals surface area contributed by atoms with Gasteiger partial charge in [0.1, 0.15) is 5.60 Å². The van der Waals surface area contributed by atoms with Crippen LogP contribution in [0.1, 0.15) is 20.8 Å². The number of fused-ring (bicyclic) bond motifs is 1. The van der Waals surface area contributed by atoms with Crippen molar-refractivity contribution in [3.8, 4) is 5.88 Å². The molecule has 0 bridgehead atoms. The second kappa shape index (κ2) is 4.15. The molecule has 1 heterocycles. The Bertz CT molecular complexity index is 605. The van der Waals surface area contributed by atoms with E-state index in [0.717, 1.165) is 6.07 Å². The maximum absolute atomic E-state index is 13.8. The SMILES string of the molecule is CC(C)(C)Oc1nccc2cc(F)c(F)c(F)c12. The average Bonchev–Trinajstić information content (AvgIpc) is 2.23. The summed E-state index contributed by atoms with van der Waals surface area (Å²) in [6.07, 6.45) is 1.36. The summed E-state index contributed by atoms with van der Waals surface area (Å²) >= 11 is 0. The summed E-state index contributed by atoms with van der Waals surface area (Å²) in [5.41, 5.74) is -0.613. The van der Waals surface area contributed by atoms with Crippen molar-refractivity contribution < 1.29 is 17.9 Å². The van der Waals surface area contributed by atoms with Crippen molar-refractivity contribution in [3.05, 3.63) is 35.8 Å². The lowest BCUT2D eigenvalue weighted by molar-refractivity contribution is 0.126. The summed E-state index contributed by atoms with van der Waals surface area (Å²) < 4.78 is 45.6.